The van der Waals surface area contributed by atoms with Crippen LogP contribution in [-0.2, 0) is 11.3 Å². The van der Waals surface area contributed by atoms with Crippen molar-refractivity contribution >= 4 is 34.9 Å². The highest BCUT2D eigenvalue weighted by atomic mass is 32.2. The third-order valence-electron chi connectivity index (χ3n) is 11.0. The molecular formula is C36H47N5O3S. The number of nitrogens with zero attached hydrogens (tertiary/aromatic N) is 4. The second kappa shape index (κ2) is 12.0. The molecule has 1 N–H and O–H groups in total. The Balaban J connectivity index is 1.39. The van der Waals surface area contributed by atoms with E-state index >= 15 is 0 Å². The summed E-state index contributed by atoms with van der Waals surface area (Å²) in [6, 6.07) is 13.1. The zero-order chi connectivity index (χ0) is 31.5. The van der Waals surface area contributed by atoms with Crippen LogP contribution in [0.2, 0.25) is 0 Å². The van der Waals surface area contributed by atoms with Gasteiger partial charge >= 0.3 is 0 Å². The molecular weight excluding hydrogens is 582 g/mol. The van der Waals surface area contributed by atoms with Crippen molar-refractivity contribution in [2.24, 2.45) is 5.41 Å². The van der Waals surface area contributed by atoms with E-state index in [4.69, 9.17) is 4.74 Å². The van der Waals surface area contributed by atoms with Gasteiger partial charge in [0.05, 0.1) is 18.2 Å². The van der Waals surface area contributed by atoms with E-state index < -0.39 is 5.41 Å². The molecule has 7 rings (SSSR count). The van der Waals surface area contributed by atoms with Crippen molar-refractivity contribution in [2.45, 2.75) is 75.8 Å². The van der Waals surface area contributed by atoms with E-state index in [9.17, 15) is 9.59 Å². The lowest BCUT2D eigenvalue weighted by Crippen LogP contribution is -2.44. The molecule has 3 heterocycles. The fourth-order valence-electron chi connectivity index (χ4n) is 8.60. The zero-order valence-electron chi connectivity index (χ0n) is 27.4. The maximum Gasteiger partial charge on any atom is 0.262 e. The van der Waals surface area contributed by atoms with Gasteiger partial charge in [-0.15, -0.1) is 0 Å². The average molecular weight is 630 g/mol. The van der Waals surface area contributed by atoms with E-state index in [-0.39, 0.29) is 17.7 Å². The van der Waals surface area contributed by atoms with E-state index in [1.807, 2.05) is 36.4 Å². The molecule has 3 aromatic rings. The van der Waals surface area contributed by atoms with Gasteiger partial charge < -0.3 is 19.1 Å². The summed E-state index contributed by atoms with van der Waals surface area (Å²) in [4.78, 5) is 32.3. The lowest BCUT2D eigenvalue weighted by atomic mass is 9.81. The second-order valence-corrected chi connectivity index (χ2v) is 15.2. The SMILES string of the molecule is COc1ccc2c(c1)C1CC1(C(=O)N(C)CC1CCCN1C)Cn1c-2c(C2CCCCC2)c2ccc(C(=O)NSN(C)C)cc21. The van der Waals surface area contributed by atoms with Crippen LogP contribution in [0.1, 0.15) is 84.7 Å². The minimum absolute atomic E-state index is 0.111. The number of hydrogen-bond acceptors (Lipinski definition) is 6. The van der Waals surface area contributed by atoms with E-state index in [0.717, 1.165) is 37.2 Å². The van der Waals surface area contributed by atoms with Gasteiger partial charge in [-0.1, -0.05) is 25.3 Å². The molecule has 0 spiro atoms. The number of likely N-dealkylation sites (tertiary alicyclic amines) is 1. The van der Waals surface area contributed by atoms with Gasteiger partial charge in [0, 0.05) is 66.3 Å². The van der Waals surface area contributed by atoms with Gasteiger partial charge in [0.15, 0.2) is 0 Å². The molecule has 2 aromatic carbocycles. The lowest BCUT2D eigenvalue weighted by molar-refractivity contribution is -0.137. The Labute approximate surface area is 271 Å². The molecule has 4 aliphatic rings. The molecule has 3 fully saturated rings. The van der Waals surface area contributed by atoms with Crippen LogP contribution in [-0.4, -0.2) is 84.9 Å². The summed E-state index contributed by atoms with van der Waals surface area (Å²) in [6.45, 7) is 2.48. The lowest BCUT2D eigenvalue weighted by Gasteiger charge is -2.29. The summed E-state index contributed by atoms with van der Waals surface area (Å²) in [6.07, 6.45) is 9.26. The number of ether oxygens (including phenoxy) is 1. The molecule has 2 aliphatic heterocycles. The van der Waals surface area contributed by atoms with E-state index in [2.05, 4.69) is 51.6 Å². The Morgan fingerprint density at radius 1 is 1.04 bits per heavy atom. The number of rotatable bonds is 8. The minimum atomic E-state index is -0.521. The second-order valence-electron chi connectivity index (χ2n) is 14.1. The first-order valence-corrected chi connectivity index (χ1v) is 17.4. The standard InChI is InChI=1S/C36H47N5O3S/c1-38(2)45-37-34(42)24-13-15-28-31(18-24)41-22-36(35(43)40(4)21-25-12-9-17-39(25)3)20-30(36)29-19-26(44-5)14-16-27(29)33(41)32(28)23-10-7-6-8-11-23/h13-16,18-19,23,25,30H,6-12,17,20-22H2,1-5H3,(H,37,42). The summed E-state index contributed by atoms with van der Waals surface area (Å²) < 4.78 is 13.0. The maximum atomic E-state index is 14.6. The first-order valence-electron chi connectivity index (χ1n) is 16.7. The smallest absolute Gasteiger partial charge is 0.262 e. The first-order chi connectivity index (χ1) is 21.7. The Bertz CT molecular complexity index is 1630. The van der Waals surface area contributed by atoms with Gasteiger partial charge in [0.25, 0.3) is 5.91 Å². The molecule has 9 heteroatoms. The molecule has 3 unspecified atom stereocenters. The Hall–Kier alpha value is -3.01. The van der Waals surface area contributed by atoms with Gasteiger partial charge in [0.2, 0.25) is 5.91 Å². The molecule has 2 aliphatic carbocycles. The third-order valence-corrected chi connectivity index (χ3v) is 11.7. The number of fused-ring (bicyclic) bond motifs is 7. The highest BCUT2D eigenvalue weighted by Crippen LogP contribution is 2.66. The van der Waals surface area contributed by atoms with Crippen molar-refractivity contribution in [2.75, 3.05) is 48.4 Å². The van der Waals surface area contributed by atoms with Crippen LogP contribution in [0, 0.1) is 5.41 Å². The Morgan fingerprint density at radius 3 is 2.56 bits per heavy atom. The number of benzene rings is 2. The average Bonchev–Trinajstić information content (AvgIpc) is 3.55. The van der Waals surface area contributed by atoms with Crippen molar-refractivity contribution in [3.8, 4) is 17.0 Å². The number of likely N-dealkylation sites (N-methyl/N-ethyl adjacent to an activating group) is 2. The number of carbonyl (C=O) groups is 2. The quantitative estimate of drug-likeness (QED) is 0.297. The summed E-state index contributed by atoms with van der Waals surface area (Å²) in [5.74, 6) is 1.56. The number of nitrogens with one attached hydrogen (secondary N) is 1. The highest BCUT2D eigenvalue weighted by molar-refractivity contribution is 7.95. The molecule has 0 radical (unpaired) electrons. The van der Waals surface area contributed by atoms with Crippen LogP contribution in [0.25, 0.3) is 22.2 Å². The summed E-state index contributed by atoms with van der Waals surface area (Å²) in [7, 11) is 9.73. The van der Waals surface area contributed by atoms with Gasteiger partial charge in [-0.05, 0) is 107 Å². The van der Waals surface area contributed by atoms with Crippen LogP contribution in [0.4, 0.5) is 0 Å². The first kappa shape index (κ1) is 30.6. The van der Waals surface area contributed by atoms with Crippen molar-refractivity contribution in [1.82, 2.24) is 23.4 Å². The van der Waals surface area contributed by atoms with Gasteiger partial charge in [-0.3, -0.25) is 14.3 Å². The van der Waals surface area contributed by atoms with E-state index in [0.29, 0.717) is 24.1 Å². The van der Waals surface area contributed by atoms with Crippen molar-refractivity contribution in [3.05, 3.63) is 53.1 Å². The highest BCUT2D eigenvalue weighted by Gasteiger charge is 2.63. The van der Waals surface area contributed by atoms with Crippen molar-refractivity contribution < 1.29 is 14.3 Å². The predicted octanol–water partition coefficient (Wildman–Crippen LogP) is 6.26. The Morgan fingerprint density at radius 2 is 1.84 bits per heavy atom. The summed E-state index contributed by atoms with van der Waals surface area (Å²) in [5.41, 5.74) is 6.27. The molecule has 3 atom stereocenters. The van der Waals surface area contributed by atoms with Crippen LogP contribution >= 0.6 is 12.1 Å². The van der Waals surface area contributed by atoms with E-state index in [1.165, 1.54) is 78.4 Å². The van der Waals surface area contributed by atoms with Gasteiger partial charge in [0.1, 0.15) is 5.75 Å². The number of hydrogen-bond donors (Lipinski definition) is 1. The largest absolute Gasteiger partial charge is 0.497 e. The van der Waals surface area contributed by atoms with Crippen molar-refractivity contribution in [1.29, 1.82) is 0 Å². The molecule has 45 heavy (non-hydrogen) atoms. The third kappa shape index (κ3) is 5.34. The zero-order valence-corrected chi connectivity index (χ0v) is 28.2. The predicted molar refractivity (Wildman–Crippen MR) is 182 cm³/mol. The number of aromatic nitrogens is 1. The Kier molecular flexibility index (Phi) is 8.15. The maximum absolute atomic E-state index is 14.6. The normalized spacial score (nSPS) is 24.6. The van der Waals surface area contributed by atoms with Crippen LogP contribution in [0.5, 0.6) is 5.75 Å². The molecule has 0 bridgehead atoms. The molecule has 240 valence electrons. The van der Waals surface area contributed by atoms with Crippen LogP contribution in [0.15, 0.2) is 36.4 Å². The van der Waals surface area contributed by atoms with Gasteiger partial charge in [-0.2, -0.15) is 0 Å². The molecule has 2 saturated carbocycles. The van der Waals surface area contributed by atoms with Gasteiger partial charge in [-0.25, -0.2) is 4.31 Å². The van der Waals surface area contributed by atoms with Crippen LogP contribution < -0.4 is 9.46 Å². The minimum Gasteiger partial charge on any atom is -0.497 e. The number of methoxy groups -OCH3 is 1. The van der Waals surface area contributed by atoms with E-state index in [1.54, 1.807) is 7.11 Å². The fraction of sp³-hybridized carbons (Fsp3) is 0.556. The molecule has 2 amide bonds. The molecule has 1 saturated heterocycles. The topological polar surface area (TPSA) is 70.0 Å². The monoisotopic (exact) mass is 629 g/mol. The molecule has 1 aromatic heterocycles. The summed E-state index contributed by atoms with van der Waals surface area (Å²) in [5, 5.41) is 1.22. The van der Waals surface area contributed by atoms with Crippen molar-refractivity contribution in [3.63, 3.8) is 0 Å². The van der Waals surface area contributed by atoms with Crippen LogP contribution in [0.3, 0.4) is 0 Å². The summed E-state index contributed by atoms with van der Waals surface area (Å²) >= 11 is 1.28. The number of carbonyl (C=O) groups excluding carboxylic acids is 2. The number of amides is 2. The fourth-order valence-corrected chi connectivity index (χ4v) is 8.99. The molecule has 8 nitrogen and oxygen atoms in total.